The number of carbonyl (C=O) groups is 3. The van der Waals surface area contributed by atoms with E-state index in [2.05, 4.69) is 16.2 Å². The third kappa shape index (κ3) is 6.58. The standard InChI is InChI=1S/C29H33N5O4/c1-3-20-13-15-33(2)25(17-20)28(36)34-16-14-24(34)27(35)31-18-21-9-11-23(12-10-21)26(30)32-29(37)38-19-22-7-5-4-6-8-22/h1,4-12,20,24-25H,13-19H2,2H3,(H,31,35)(H2,30,32,37)/t20-,24-,25+/m0/s1. The molecule has 3 atom stereocenters. The van der Waals surface area contributed by atoms with Crippen molar-refractivity contribution < 1.29 is 19.1 Å². The van der Waals surface area contributed by atoms with E-state index < -0.39 is 12.1 Å². The fourth-order valence-electron chi connectivity index (χ4n) is 4.65. The van der Waals surface area contributed by atoms with Gasteiger partial charge in [0.15, 0.2) is 0 Å². The second kappa shape index (κ2) is 12.4. The van der Waals surface area contributed by atoms with Gasteiger partial charge in [0.25, 0.3) is 0 Å². The predicted octanol–water partition coefficient (Wildman–Crippen LogP) is 2.29. The number of hydrogen-bond donors (Lipinski definition) is 2. The molecular weight excluding hydrogens is 482 g/mol. The number of aliphatic imine (C=N–C) groups is 1. The third-order valence-electron chi connectivity index (χ3n) is 7.13. The molecule has 0 bridgehead atoms. The Labute approximate surface area is 223 Å². The maximum Gasteiger partial charge on any atom is 0.435 e. The van der Waals surface area contributed by atoms with Crippen LogP contribution in [0.25, 0.3) is 0 Å². The van der Waals surface area contributed by atoms with Crippen molar-refractivity contribution in [3.05, 3.63) is 71.3 Å². The second-order valence-corrected chi connectivity index (χ2v) is 9.67. The van der Waals surface area contributed by atoms with Crippen LogP contribution in [0.5, 0.6) is 0 Å². The fourth-order valence-corrected chi connectivity index (χ4v) is 4.65. The first-order valence-electron chi connectivity index (χ1n) is 12.7. The molecule has 2 aromatic rings. The van der Waals surface area contributed by atoms with Crippen molar-refractivity contribution >= 4 is 23.7 Å². The van der Waals surface area contributed by atoms with Crippen LogP contribution in [0.3, 0.4) is 0 Å². The highest BCUT2D eigenvalue weighted by atomic mass is 16.5. The third-order valence-corrected chi connectivity index (χ3v) is 7.13. The van der Waals surface area contributed by atoms with Gasteiger partial charge in [0.1, 0.15) is 18.5 Å². The molecule has 198 valence electrons. The number of benzene rings is 2. The van der Waals surface area contributed by atoms with Gasteiger partial charge in [-0.3, -0.25) is 14.5 Å². The number of likely N-dealkylation sites (N-methyl/N-ethyl adjacent to an activating group) is 1. The molecule has 0 aromatic heterocycles. The summed E-state index contributed by atoms with van der Waals surface area (Å²) in [6.07, 6.45) is 6.97. The smallest absolute Gasteiger partial charge is 0.435 e. The van der Waals surface area contributed by atoms with Gasteiger partial charge < -0.3 is 20.7 Å². The number of nitrogens with zero attached hydrogens (tertiary/aromatic N) is 3. The number of amides is 3. The van der Waals surface area contributed by atoms with Crippen molar-refractivity contribution in [3.8, 4) is 12.3 Å². The van der Waals surface area contributed by atoms with Crippen LogP contribution in [0.2, 0.25) is 0 Å². The number of hydrogen-bond acceptors (Lipinski definition) is 5. The summed E-state index contributed by atoms with van der Waals surface area (Å²) in [6.45, 7) is 1.76. The van der Waals surface area contributed by atoms with Gasteiger partial charge in [-0.2, -0.15) is 4.99 Å². The van der Waals surface area contributed by atoms with Crippen LogP contribution in [-0.2, 0) is 27.5 Å². The highest BCUT2D eigenvalue weighted by Crippen LogP contribution is 2.27. The van der Waals surface area contributed by atoms with E-state index in [4.69, 9.17) is 16.9 Å². The maximum absolute atomic E-state index is 13.1. The van der Waals surface area contributed by atoms with Crippen LogP contribution in [0.4, 0.5) is 4.79 Å². The molecule has 9 heteroatoms. The van der Waals surface area contributed by atoms with Crippen molar-refractivity contribution in [2.45, 2.75) is 44.5 Å². The number of nitrogens with two attached hydrogens (primary N) is 1. The molecular formula is C29H33N5O4. The molecule has 9 nitrogen and oxygen atoms in total. The van der Waals surface area contributed by atoms with E-state index in [1.807, 2.05) is 42.3 Å². The molecule has 2 heterocycles. The Kier molecular flexibility index (Phi) is 8.77. The number of likely N-dealkylation sites (tertiary alicyclic amines) is 2. The summed E-state index contributed by atoms with van der Waals surface area (Å²) in [7, 11) is 1.93. The number of rotatable bonds is 7. The largest absolute Gasteiger partial charge is 0.443 e. The summed E-state index contributed by atoms with van der Waals surface area (Å²) in [5.74, 6) is 2.71. The predicted molar refractivity (Wildman–Crippen MR) is 144 cm³/mol. The summed E-state index contributed by atoms with van der Waals surface area (Å²) in [6, 6.07) is 15.6. The molecule has 2 aliphatic rings. The summed E-state index contributed by atoms with van der Waals surface area (Å²) < 4.78 is 5.14. The molecule has 0 unspecified atom stereocenters. The van der Waals surface area contributed by atoms with Gasteiger partial charge >= 0.3 is 6.09 Å². The van der Waals surface area contributed by atoms with Crippen LogP contribution in [0.1, 0.15) is 36.0 Å². The SMILES string of the molecule is C#C[C@H]1CCN(C)[C@@H](C(=O)N2CC[C@H]2C(=O)NCc2ccc(/C(N)=N/C(=O)OCc3ccccc3)cc2)C1. The zero-order chi connectivity index (χ0) is 27.1. The summed E-state index contributed by atoms with van der Waals surface area (Å²) in [5, 5.41) is 2.92. The summed E-state index contributed by atoms with van der Waals surface area (Å²) in [4.78, 5) is 45.4. The Hall–Kier alpha value is -4.16. The number of ether oxygens (including phenoxy) is 1. The molecule has 0 saturated carbocycles. The lowest BCUT2D eigenvalue weighted by atomic mass is 9.89. The van der Waals surface area contributed by atoms with Crippen LogP contribution in [0, 0.1) is 18.3 Å². The molecule has 2 fully saturated rings. The van der Waals surface area contributed by atoms with Gasteiger partial charge in [-0.15, -0.1) is 12.3 Å². The average molecular weight is 516 g/mol. The van der Waals surface area contributed by atoms with Crippen LogP contribution in [0.15, 0.2) is 59.6 Å². The first-order valence-corrected chi connectivity index (χ1v) is 12.7. The molecule has 38 heavy (non-hydrogen) atoms. The zero-order valence-electron chi connectivity index (χ0n) is 21.5. The van der Waals surface area contributed by atoms with E-state index in [-0.39, 0.29) is 36.2 Å². The summed E-state index contributed by atoms with van der Waals surface area (Å²) >= 11 is 0. The highest BCUT2D eigenvalue weighted by molar-refractivity contribution is 6.02. The molecule has 2 aromatic carbocycles. The van der Waals surface area contributed by atoms with Gasteiger partial charge in [-0.25, -0.2) is 4.79 Å². The van der Waals surface area contributed by atoms with E-state index in [9.17, 15) is 14.4 Å². The van der Waals surface area contributed by atoms with Crippen LogP contribution < -0.4 is 11.1 Å². The van der Waals surface area contributed by atoms with E-state index in [1.165, 1.54) is 0 Å². The zero-order valence-corrected chi connectivity index (χ0v) is 21.5. The van der Waals surface area contributed by atoms with E-state index in [1.54, 1.807) is 29.2 Å². The maximum atomic E-state index is 13.1. The number of amidine groups is 1. The second-order valence-electron chi connectivity index (χ2n) is 9.67. The average Bonchev–Trinajstić information content (AvgIpc) is 2.91. The molecule has 0 spiro atoms. The minimum Gasteiger partial charge on any atom is -0.443 e. The van der Waals surface area contributed by atoms with Crippen molar-refractivity contribution in [2.75, 3.05) is 20.1 Å². The molecule has 3 N–H and O–H groups in total. The Bertz CT molecular complexity index is 1220. The Morgan fingerprint density at radius 3 is 2.45 bits per heavy atom. The Morgan fingerprint density at radius 2 is 1.79 bits per heavy atom. The number of piperidine rings is 1. The minimum atomic E-state index is -0.767. The van der Waals surface area contributed by atoms with Crippen molar-refractivity contribution in [1.29, 1.82) is 0 Å². The van der Waals surface area contributed by atoms with Crippen LogP contribution in [-0.4, -0.2) is 65.8 Å². The van der Waals surface area contributed by atoms with Gasteiger partial charge in [0.2, 0.25) is 11.8 Å². The van der Waals surface area contributed by atoms with Gasteiger partial charge in [0.05, 0.1) is 6.04 Å². The fraction of sp³-hybridized carbons (Fsp3) is 0.379. The highest BCUT2D eigenvalue weighted by Gasteiger charge is 2.42. The first-order chi connectivity index (χ1) is 18.4. The van der Waals surface area contributed by atoms with Gasteiger partial charge in [-0.05, 0) is 44.0 Å². The Balaban J connectivity index is 1.26. The van der Waals surface area contributed by atoms with Gasteiger partial charge in [0, 0.05) is 24.6 Å². The topological polar surface area (TPSA) is 117 Å². The minimum absolute atomic E-state index is 0.0275. The first kappa shape index (κ1) is 26.9. The number of terminal acetylenes is 1. The lowest BCUT2D eigenvalue weighted by molar-refractivity contribution is -0.152. The van der Waals surface area contributed by atoms with Gasteiger partial charge in [-0.1, -0.05) is 54.6 Å². The Morgan fingerprint density at radius 1 is 1.05 bits per heavy atom. The molecule has 3 amide bonds. The number of carbonyl (C=O) groups excluding carboxylic acids is 3. The van der Waals surface area contributed by atoms with E-state index in [0.29, 0.717) is 31.5 Å². The van der Waals surface area contributed by atoms with Crippen molar-refractivity contribution in [3.63, 3.8) is 0 Å². The lowest BCUT2D eigenvalue weighted by Gasteiger charge is -2.44. The summed E-state index contributed by atoms with van der Waals surface area (Å²) in [5.41, 5.74) is 8.23. The van der Waals surface area contributed by atoms with Crippen molar-refractivity contribution in [1.82, 2.24) is 15.1 Å². The number of nitrogens with one attached hydrogen (secondary N) is 1. The lowest BCUT2D eigenvalue weighted by Crippen LogP contribution is -2.62. The van der Waals surface area contributed by atoms with E-state index >= 15 is 0 Å². The molecule has 4 rings (SSSR count). The quantitative estimate of drug-likeness (QED) is 0.332. The normalized spacial score (nSPS) is 21.6. The van der Waals surface area contributed by atoms with E-state index in [0.717, 1.165) is 24.1 Å². The monoisotopic (exact) mass is 515 g/mol. The molecule has 0 radical (unpaired) electrons. The molecule has 0 aliphatic carbocycles. The van der Waals surface area contributed by atoms with Crippen LogP contribution >= 0.6 is 0 Å². The molecule has 2 aliphatic heterocycles. The molecule has 2 saturated heterocycles. The van der Waals surface area contributed by atoms with Crippen molar-refractivity contribution in [2.24, 2.45) is 16.6 Å².